The van der Waals surface area contributed by atoms with Gasteiger partial charge in [0.05, 0.1) is 12.5 Å². The van der Waals surface area contributed by atoms with Crippen LogP contribution in [-0.2, 0) is 10.2 Å². The number of ether oxygens (including phenoxy) is 1. The van der Waals surface area contributed by atoms with Crippen LogP contribution in [0.1, 0.15) is 25.3 Å². The maximum atomic E-state index is 11.8. The van der Waals surface area contributed by atoms with Crippen molar-refractivity contribution in [3.05, 3.63) is 29.8 Å². The highest BCUT2D eigenvalue weighted by Gasteiger charge is 2.43. The molecule has 0 aliphatic carbocycles. The van der Waals surface area contributed by atoms with Crippen LogP contribution in [0.2, 0.25) is 0 Å². The van der Waals surface area contributed by atoms with Gasteiger partial charge in [0.25, 0.3) is 0 Å². The fourth-order valence-electron chi connectivity index (χ4n) is 2.87. The summed E-state index contributed by atoms with van der Waals surface area (Å²) in [5.74, 6) is 0.172. The summed E-state index contributed by atoms with van der Waals surface area (Å²) in [6, 6.07) is 7.40. The highest BCUT2D eigenvalue weighted by Crippen LogP contribution is 2.38. The predicted molar refractivity (Wildman–Crippen MR) is 73.6 cm³/mol. The van der Waals surface area contributed by atoms with Crippen molar-refractivity contribution in [3.63, 3.8) is 0 Å². The van der Waals surface area contributed by atoms with Gasteiger partial charge < -0.3 is 15.2 Å². The molecule has 1 fully saturated rings. The molecule has 19 heavy (non-hydrogen) atoms. The van der Waals surface area contributed by atoms with Crippen LogP contribution < -0.4 is 10.1 Å². The summed E-state index contributed by atoms with van der Waals surface area (Å²) in [5.41, 5.74) is 0.0293. The number of piperidine rings is 1. The van der Waals surface area contributed by atoms with E-state index in [1.54, 1.807) is 7.11 Å². The van der Waals surface area contributed by atoms with E-state index < -0.39 is 11.4 Å². The average Bonchev–Trinajstić information content (AvgIpc) is 2.47. The van der Waals surface area contributed by atoms with Gasteiger partial charge in [-0.1, -0.05) is 12.1 Å². The number of methoxy groups -OCH3 is 1. The van der Waals surface area contributed by atoms with Gasteiger partial charge in [0.2, 0.25) is 0 Å². The fraction of sp³-hybridized carbons (Fsp3) is 0.533. The smallest absolute Gasteiger partial charge is 0.314 e. The Kier molecular flexibility index (Phi) is 4.10. The topological polar surface area (TPSA) is 58.6 Å². The van der Waals surface area contributed by atoms with Crippen LogP contribution in [0, 0.1) is 5.92 Å². The number of aliphatic carboxylic acids is 1. The quantitative estimate of drug-likeness (QED) is 0.872. The molecule has 1 aromatic carbocycles. The van der Waals surface area contributed by atoms with E-state index in [1.807, 2.05) is 31.2 Å². The number of carboxylic acids is 1. The van der Waals surface area contributed by atoms with Gasteiger partial charge in [-0.25, -0.2) is 0 Å². The molecule has 104 valence electrons. The van der Waals surface area contributed by atoms with Crippen molar-refractivity contribution in [1.82, 2.24) is 5.32 Å². The van der Waals surface area contributed by atoms with E-state index in [2.05, 4.69) is 5.32 Å². The third kappa shape index (κ3) is 2.59. The summed E-state index contributed by atoms with van der Waals surface area (Å²) >= 11 is 0. The van der Waals surface area contributed by atoms with Gasteiger partial charge in [-0.05, 0) is 56.5 Å². The molecule has 0 amide bonds. The molecule has 1 heterocycles. The standard InChI is InChI=1S/C15H21NO3/c1-15(14(17)18,12-7-9-16-10-8-12)11-3-5-13(19-2)6-4-11/h3-6,12,16H,7-10H2,1-2H3,(H,17,18). The van der Waals surface area contributed by atoms with Gasteiger partial charge in [-0.2, -0.15) is 0 Å². The largest absolute Gasteiger partial charge is 0.497 e. The monoisotopic (exact) mass is 263 g/mol. The molecule has 1 unspecified atom stereocenters. The Balaban J connectivity index is 2.33. The Labute approximate surface area is 113 Å². The summed E-state index contributed by atoms with van der Waals surface area (Å²) < 4.78 is 5.13. The van der Waals surface area contributed by atoms with Crippen LogP contribution >= 0.6 is 0 Å². The second-order valence-electron chi connectivity index (χ2n) is 5.26. The number of nitrogens with one attached hydrogen (secondary N) is 1. The first-order chi connectivity index (χ1) is 9.09. The number of carboxylic acid groups (broad SMARTS) is 1. The van der Waals surface area contributed by atoms with E-state index in [1.165, 1.54) is 0 Å². The molecule has 0 bridgehead atoms. The number of benzene rings is 1. The minimum Gasteiger partial charge on any atom is -0.497 e. The van der Waals surface area contributed by atoms with Crippen molar-refractivity contribution in [1.29, 1.82) is 0 Å². The lowest BCUT2D eigenvalue weighted by Gasteiger charge is -2.37. The summed E-state index contributed by atoms with van der Waals surface area (Å²) in [6.07, 6.45) is 1.80. The zero-order valence-corrected chi connectivity index (χ0v) is 11.5. The van der Waals surface area contributed by atoms with Crippen molar-refractivity contribution in [2.24, 2.45) is 5.92 Å². The third-order valence-electron chi connectivity index (χ3n) is 4.29. The third-order valence-corrected chi connectivity index (χ3v) is 4.29. The van der Waals surface area contributed by atoms with Crippen LogP contribution in [0.3, 0.4) is 0 Å². The second-order valence-corrected chi connectivity index (χ2v) is 5.26. The molecule has 2 rings (SSSR count). The molecule has 1 aliphatic heterocycles. The Morgan fingerprint density at radius 3 is 2.37 bits per heavy atom. The van der Waals surface area contributed by atoms with Crippen molar-refractivity contribution in [3.8, 4) is 5.75 Å². The SMILES string of the molecule is COc1ccc(C(C)(C(=O)O)C2CCNCC2)cc1. The number of rotatable bonds is 4. The number of hydrogen-bond donors (Lipinski definition) is 2. The van der Waals surface area contributed by atoms with E-state index in [0.29, 0.717) is 0 Å². The van der Waals surface area contributed by atoms with Crippen LogP contribution in [0.15, 0.2) is 24.3 Å². The number of carbonyl (C=O) groups is 1. The second kappa shape index (κ2) is 5.61. The van der Waals surface area contributed by atoms with E-state index in [9.17, 15) is 9.90 Å². The fourth-order valence-corrected chi connectivity index (χ4v) is 2.87. The van der Waals surface area contributed by atoms with Crippen molar-refractivity contribution in [2.75, 3.05) is 20.2 Å². The number of hydrogen-bond acceptors (Lipinski definition) is 3. The first-order valence-corrected chi connectivity index (χ1v) is 6.67. The Morgan fingerprint density at radius 2 is 1.89 bits per heavy atom. The van der Waals surface area contributed by atoms with Crippen LogP contribution in [0.4, 0.5) is 0 Å². The lowest BCUT2D eigenvalue weighted by Crippen LogP contribution is -2.45. The Hall–Kier alpha value is -1.55. The molecule has 4 nitrogen and oxygen atoms in total. The lowest BCUT2D eigenvalue weighted by molar-refractivity contribution is -0.146. The summed E-state index contributed by atoms with van der Waals surface area (Å²) in [6.45, 7) is 3.63. The first kappa shape index (κ1) is 13.9. The molecule has 0 spiro atoms. The molecule has 2 N–H and O–H groups in total. The molecule has 0 aromatic heterocycles. The Bertz CT molecular complexity index is 437. The van der Waals surface area contributed by atoms with E-state index >= 15 is 0 Å². The van der Waals surface area contributed by atoms with Crippen LogP contribution in [-0.4, -0.2) is 31.3 Å². The van der Waals surface area contributed by atoms with E-state index in [-0.39, 0.29) is 5.92 Å². The highest BCUT2D eigenvalue weighted by molar-refractivity contribution is 5.81. The zero-order valence-electron chi connectivity index (χ0n) is 11.5. The molecular weight excluding hydrogens is 242 g/mol. The lowest BCUT2D eigenvalue weighted by atomic mass is 9.68. The molecular formula is C15H21NO3. The van der Waals surface area contributed by atoms with Gasteiger partial charge in [-0.3, -0.25) is 4.79 Å². The molecule has 1 atom stereocenters. The van der Waals surface area contributed by atoms with Gasteiger partial charge >= 0.3 is 5.97 Å². The minimum atomic E-state index is -0.825. The summed E-state index contributed by atoms with van der Waals surface area (Å²) in [4.78, 5) is 11.8. The van der Waals surface area contributed by atoms with E-state index in [0.717, 1.165) is 37.2 Å². The van der Waals surface area contributed by atoms with Crippen LogP contribution in [0.25, 0.3) is 0 Å². The minimum absolute atomic E-state index is 0.166. The van der Waals surface area contributed by atoms with Crippen molar-refractivity contribution >= 4 is 5.97 Å². The van der Waals surface area contributed by atoms with E-state index in [4.69, 9.17) is 4.74 Å². The van der Waals surface area contributed by atoms with Gasteiger partial charge in [0.1, 0.15) is 5.75 Å². The molecule has 4 heteroatoms. The molecule has 0 radical (unpaired) electrons. The Morgan fingerprint density at radius 1 is 1.32 bits per heavy atom. The predicted octanol–water partition coefficient (Wildman–Crippen LogP) is 2.04. The van der Waals surface area contributed by atoms with Crippen LogP contribution in [0.5, 0.6) is 5.75 Å². The maximum absolute atomic E-state index is 11.8. The summed E-state index contributed by atoms with van der Waals surface area (Å²) in [7, 11) is 1.61. The molecule has 1 aliphatic rings. The molecule has 1 saturated heterocycles. The summed E-state index contributed by atoms with van der Waals surface area (Å²) in [5, 5.41) is 13.0. The maximum Gasteiger partial charge on any atom is 0.314 e. The molecule has 1 aromatic rings. The first-order valence-electron chi connectivity index (χ1n) is 6.67. The average molecular weight is 263 g/mol. The normalized spacial score (nSPS) is 19.7. The van der Waals surface area contributed by atoms with Gasteiger partial charge in [0, 0.05) is 0 Å². The molecule has 0 saturated carbocycles. The zero-order chi connectivity index (χ0) is 13.9. The van der Waals surface area contributed by atoms with Crippen molar-refractivity contribution in [2.45, 2.75) is 25.2 Å². The van der Waals surface area contributed by atoms with Gasteiger partial charge in [0.15, 0.2) is 0 Å². The van der Waals surface area contributed by atoms with Crippen molar-refractivity contribution < 1.29 is 14.6 Å². The highest BCUT2D eigenvalue weighted by atomic mass is 16.5. The van der Waals surface area contributed by atoms with Gasteiger partial charge in [-0.15, -0.1) is 0 Å².